The third-order valence-corrected chi connectivity index (χ3v) is 2.20. The Balaban J connectivity index is 2.59. The lowest BCUT2D eigenvalue weighted by Crippen LogP contribution is -2.24. The smallest absolute Gasteiger partial charge is 0.184 e. The second-order valence-corrected chi connectivity index (χ2v) is 4.17. The van der Waals surface area contributed by atoms with Crippen molar-refractivity contribution in [2.75, 3.05) is 6.61 Å². The third-order valence-electron chi connectivity index (χ3n) is 2.11. The normalized spacial score (nSPS) is 11.3. The van der Waals surface area contributed by atoms with Crippen molar-refractivity contribution < 1.29 is 4.74 Å². The molecular formula is C14H17N3OS. The number of nitrogens with one attached hydrogen (secondary N) is 1. The van der Waals surface area contributed by atoms with Gasteiger partial charge in [-0.25, -0.2) is 0 Å². The monoisotopic (exact) mass is 275 g/mol. The predicted molar refractivity (Wildman–Crippen MR) is 84.2 cm³/mol. The van der Waals surface area contributed by atoms with Gasteiger partial charge >= 0.3 is 0 Å². The number of thiocarbonyl (C=S) groups is 1. The SMILES string of the molecule is C=CCOc1ccc(C=CC(C)=NNC(N)=S)cc1. The molecule has 0 bridgehead atoms. The van der Waals surface area contributed by atoms with Crippen LogP contribution in [0.1, 0.15) is 12.5 Å². The minimum Gasteiger partial charge on any atom is -0.490 e. The minimum atomic E-state index is 0.150. The third kappa shape index (κ3) is 6.38. The van der Waals surface area contributed by atoms with E-state index in [0.29, 0.717) is 6.61 Å². The van der Waals surface area contributed by atoms with Crippen LogP contribution in [0.3, 0.4) is 0 Å². The maximum atomic E-state index is 5.40. The first kappa shape index (κ1) is 14.9. The molecule has 19 heavy (non-hydrogen) atoms. The maximum Gasteiger partial charge on any atom is 0.184 e. The summed E-state index contributed by atoms with van der Waals surface area (Å²) in [6.07, 6.45) is 5.52. The molecule has 1 rings (SSSR count). The van der Waals surface area contributed by atoms with Crippen molar-refractivity contribution in [3.05, 3.63) is 48.6 Å². The summed E-state index contributed by atoms with van der Waals surface area (Å²) in [5, 5.41) is 4.12. The molecule has 0 aliphatic rings. The standard InChI is InChI=1S/C14H17N3OS/c1-3-10-18-13-8-6-12(7-9-13)5-4-11(2)16-17-14(15)19/h3-9H,1,10H2,2H3,(H3,15,17,19). The molecular weight excluding hydrogens is 258 g/mol. The highest BCUT2D eigenvalue weighted by molar-refractivity contribution is 7.80. The van der Waals surface area contributed by atoms with Crippen molar-refractivity contribution in [1.82, 2.24) is 5.43 Å². The quantitative estimate of drug-likeness (QED) is 0.362. The first-order valence-electron chi connectivity index (χ1n) is 5.73. The lowest BCUT2D eigenvalue weighted by atomic mass is 10.2. The molecule has 1 aromatic carbocycles. The molecule has 1 aromatic rings. The van der Waals surface area contributed by atoms with E-state index >= 15 is 0 Å². The fraction of sp³-hybridized carbons (Fsp3) is 0.143. The van der Waals surface area contributed by atoms with Crippen LogP contribution in [0.5, 0.6) is 5.75 Å². The van der Waals surface area contributed by atoms with Gasteiger partial charge in [0.2, 0.25) is 0 Å². The van der Waals surface area contributed by atoms with Crippen LogP contribution in [0.15, 0.2) is 48.1 Å². The van der Waals surface area contributed by atoms with E-state index in [2.05, 4.69) is 29.3 Å². The largest absolute Gasteiger partial charge is 0.490 e. The fourth-order valence-electron chi connectivity index (χ4n) is 1.23. The van der Waals surface area contributed by atoms with Gasteiger partial charge < -0.3 is 10.5 Å². The molecule has 0 fully saturated rings. The Morgan fingerprint density at radius 1 is 1.47 bits per heavy atom. The Kier molecular flexibility index (Phi) is 6.32. The van der Waals surface area contributed by atoms with Crippen LogP contribution >= 0.6 is 12.2 Å². The number of hydrogen-bond acceptors (Lipinski definition) is 3. The molecule has 0 saturated carbocycles. The van der Waals surface area contributed by atoms with E-state index in [1.807, 2.05) is 43.3 Å². The van der Waals surface area contributed by atoms with E-state index < -0.39 is 0 Å². The van der Waals surface area contributed by atoms with Gasteiger partial charge in [0, 0.05) is 0 Å². The molecule has 5 heteroatoms. The van der Waals surface area contributed by atoms with Crippen LogP contribution < -0.4 is 15.9 Å². The van der Waals surface area contributed by atoms with E-state index in [-0.39, 0.29) is 5.11 Å². The summed E-state index contributed by atoms with van der Waals surface area (Å²) < 4.78 is 5.40. The summed E-state index contributed by atoms with van der Waals surface area (Å²) in [6, 6.07) is 7.73. The highest BCUT2D eigenvalue weighted by atomic mass is 32.1. The molecule has 0 amide bonds. The van der Waals surface area contributed by atoms with Crippen molar-refractivity contribution in [3.8, 4) is 5.75 Å². The zero-order valence-electron chi connectivity index (χ0n) is 10.8. The van der Waals surface area contributed by atoms with Crippen LogP contribution in [-0.2, 0) is 0 Å². The van der Waals surface area contributed by atoms with Gasteiger partial charge in [0.25, 0.3) is 0 Å². The molecule has 0 spiro atoms. The molecule has 0 radical (unpaired) electrons. The number of rotatable bonds is 6. The summed E-state index contributed by atoms with van der Waals surface area (Å²) in [4.78, 5) is 0. The average Bonchev–Trinajstić information content (AvgIpc) is 2.41. The van der Waals surface area contributed by atoms with Crippen LogP contribution in [-0.4, -0.2) is 17.4 Å². The summed E-state index contributed by atoms with van der Waals surface area (Å²) >= 11 is 4.66. The first-order chi connectivity index (χ1) is 9.11. The van der Waals surface area contributed by atoms with E-state index in [9.17, 15) is 0 Å². The van der Waals surface area contributed by atoms with E-state index in [0.717, 1.165) is 17.0 Å². The zero-order valence-corrected chi connectivity index (χ0v) is 11.6. The predicted octanol–water partition coefficient (Wildman–Crippen LogP) is 2.47. The van der Waals surface area contributed by atoms with Gasteiger partial charge in [-0.15, -0.1) is 0 Å². The Bertz CT molecular complexity index is 492. The Labute approximate surface area is 118 Å². The maximum absolute atomic E-state index is 5.40. The zero-order chi connectivity index (χ0) is 14.1. The van der Waals surface area contributed by atoms with Crippen LogP contribution in [0, 0.1) is 0 Å². The summed E-state index contributed by atoms with van der Waals surface area (Å²) in [6.45, 7) is 5.95. The number of allylic oxidation sites excluding steroid dienone is 1. The summed E-state index contributed by atoms with van der Waals surface area (Å²) in [5.41, 5.74) is 9.63. The van der Waals surface area contributed by atoms with Gasteiger partial charge in [-0.3, -0.25) is 5.43 Å². The molecule has 3 N–H and O–H groups in total. The Hall–Kier alpha value is -2.14. The van der Waals surface area contributed by atoms with Crippen molar-refractivity contribution >= 4 is 29.1 Å². The second-order valence-electron chi connectivity index (χ2n) is 3.73. The number of benzene rings is 1. The van der Waals surface area contributed by atoms with Crippen LogP contribution in [0.2, 0.25) is 0 Å². The highest BCUT2D eigenvalue weighted by Gasteiger charge is 1.92. The average molecular weight is 275 g/mol. The molecule has 100 valence electrons. The Morgan fingerprint density at radius 3 is 2.74 bits per heavy atom. The number of nitrogens with two attached hydrogens (primary N) is 1. The molecule has 0 aromatic heterocycles. The van der Waals surface area contributed by atoms with Gasteiger partial charge in [0.15, 0.2) is 5.11 Å². The van der Waals surface area contributed by atoms with E-state index in [4.69, 9.17) is 10.5 Å². The van der Waals surface area contributed by atoms with Crippen LogP contribution in [0.4, 0.5) is 0 Å². The molecule has 0 aliphatic heterocycles. The Morgan fingerprint density at radius 2 is 2.16 bits per heavy atom. The molecule has 0 unspecified atom stereocenters. The lowest BCUT2D eigenvalue weighted by Gasteiger charge is -2.02. The second kappa shape index (κ2) is 8.05. The minimum absolute atomic E-state index is 0.150. The molecule has 0 aliphatic carbocycles. The number of hydrogen-bond donors (Lipinski definition) is 2. The van der Waals surface area contributed by atoms with Gasteiger partial charge in [0.05, 0.1) is 5.71 Å². The highest BCUT2D eigenvalue weighted by Crippen LogP contribution is 2.13. The molecule has 0 heterocycles. The van der Waals surface area contributed by atoms with Crippen LogP contribution in [0.25, 0.3) is 6.08 Å². The summed E-state index contributed by atoms with van der Waals surface area (Å²) in [5.74, 6) is 0.817. The van der Waals surface area contributed by atoms with Crippen molar-refractivity contribution in [3.63, 3.8) is 0 Å². The van der Waals surface area contributed by atoms with Gasteiger partial charge in [-0.1, -0.05) is 30.9 Å². The molecule has 4 nitrogen and oxygen atoms in total. The summed E-state index contributed by atoms with van der Waals surface area (Å²) in [7, 11) is 0. The van der Waals surface area contributed by atoms with Gasteiger partial charge in [-0.05, 0) is 42.9 Å². The van der Waals surface area contributed by atoms with Crippen molar-refractivity contribution in [1.29, 1.82) is 0 Å². The molecule has 0 atom stereocenters. The molecule has 0 saturated heterocycles. The van der Waals surface area contributed by atoms with Crippen molar-refractivity contribution in [2.24, 2.45) is 10.8 Å². The fourth-order valence-corrected chi connectivity index (χ4v) is 1.27. The van der Waals surface area contributed by atoms with Crippen molar-refractivity contribution in [2.45, 2.75) is 6.92 Å². The van der Waals surface area contributed by atoms with Gasteiger partial charge in [-0.2, -0.15) is 5.10 Å². The number of hydrazone groups is 1. The van der Waals surface area contributed by atoms with E-state index in [1.165, 1.54) is 0 Å². The lowest BCUT2D eigenvalue weighted by molar-refractivity contribution is 0.363. The topological polar surface area (TPSA) is 59.6 Å². The number of nitrogens with zero attached hydrogens (tertiary/aromatic N) is 1. The van der Waals surface area contributed by atoms with Gasteiger partial charge in [0.1, 0.15) is 12.4 Å². The first-order valence-corrected chi connectivity index (χ1v) is 6.14. The van der Waals surface area contributed by atoms with E-state index in [1.54, 1.807) is 6.08 Å². The number of ether oxygens (including phenoxy) is 1.